The molecule has 2 bridgehead atoms. The molecule has 10 heteroatoms. The third-order valence-electron chi connectivity index (χ3n) is 9.73. The maximum Gasteiger partial charge on any atom is 0.216 e. The Morgan fingerprint density at radius 1 is 1.17 bits per heavy atom. The number of phenolic OH excluding ortho intramolecular Hbond substituents is 1. The van der Waals surface area contributed by atoms with E-state index in [9.17, 15) is 13.9 Å². The molecule has 4 atom stereocenters. The lowest BCUT2D eigenvalue weighted by molar-refractivity contribution is 0.111. The van der Waals surface area contributed by atoms with Crippen LogP contribution in [0, 0.1) is 18.2 Å². The van der Waals surface area contributed by atoms with E-state index in [1.54, 1.807) is 18.2 Å². The number of fused-ring (bicyclic) bond motifs is 5. The predicted octanol–water partition coefficient (Wildman–Crippen LogP) is 4.50. The summed E-state index contributed by atoms with van der Waals surface area (Å²) in [5.41, 5.74) is 1.57. The molecule has 4 aliphatic heterocycles. The first-order valence-electron chi connectivity index (χ1n) is 14.7. The van der Waals surface area contributed by atoms with E-state index < -0.39 is 12.0 Å². The molecule has 2 aromatic heterocycles. The third kappa shape index (κ3) is 4.02. The Bertz CT molecular complexity index is 1760. The van der Waals surface area contributed by atoms with Gasteiger partial charge < -0.3 is 20.1 Å². The minimum atomic E-state index is -0.846. The molecule has 3 unspecified atom stereocenters. The second-order valence-electron chi connectivity index (χ2n) is 12.3. The molecular formula is C32H32F2N6O2. The number of aromatic hydroxyl groups is 1. The van der Waals surface area contributed by atoms with E-state index in [4.69, 9.17) is 16.1 Å². The number of aromatic nitrogens is 3. The van der Waals surface area contributed by atoms with Gasteiger partial charge in [0.05, 0.1) is 11.1 Å². The Kier molecular flexibility index (Phi) is 5.85. The number of H-pyrrole nitrogens is 1. The number of piperazine rings is 1. The maximum absolute atomic E-state index is 14.9. The van der Waals surface area contributed by atoms with Crippen molar-refractivity contribution in [2.45, 2.75) is 55.9 Å². The molecule has 6 heterocycles. The number of nitrogens with one attached hydrogen (secondary N) is 2. The van der Waals surface area contributed by atoms with Crippen molar-refractivity contribution in [3.8, 4) is 35.2 Å². The predicted molar refractivity (Wildman–Crippen MR) is 157 cm³/mol. The van der Waals surface area contributed by atoms with Crippen molar-refractivity contribution in [2.75, 3.05) is 37.7 Å². The highest BCUT2D eigenvalue weighted by Crippen LogP contribution is 2.43. The minimum Gasteiger partial charge on any atom is -0.508 e. The van der Waals surface area contributed by atoms with Gasteiger partial charge in [0.1, 0.15) is 35.6 Å². The summed E-state index contributed by atoms with van der Waals surface area (Å²) in [7, 11) is 0. The summed E-state index contributed by atoms with van der Waals surface area (Å²) in [5.74, 6) is 3.18. The van der Waals surface area contributed by atoms with Gasteiger partial charge in [-0.2, -0.15) is 10.1 Å². The number of terminal acetylenes is 1. The van der Waals surface area contributed by atoms with Gasteiger partial charge in [0, 0.05) is 60.5 Å². The van der Waals surface area contributed by atoms with Crippen LogP contribution in [0.25, 0.3) is 32.9 Å². The van der Waals surface area contributed by atoms with Crippen LogP contribution in [0.3, 0.4) is 0 Å². The maximum atomic E-state index is 14.9. The zero-order chi connectivity index (χ0) is 28.6. The van der Waals surface area contributed by atoms with E-state index in [1.807, 2.05) is 6.07 Å². The first-order chi connectivity index (χ1) is 20.4. The van der Waals surface area contributed by atoms with Crippen LogP contribution in [0.15, 0.2) is 30.3 Å². The second-order valence-corrected chi connectivity index (χ2v) is 12.3. The number of phenols is 1. The van der Waals surface area contributed by atoms with Gasteiger partial charge in [-0.1, -0.05) is 12.0 Å². The molecule has 0 spiro atoms. The standard InChI is InChI=1S/C32H32F2N6O2/c1-2-23-26(34)7-4-18-10-22(41)11-24(28(18)23)29-25-12-27(42-17-32-8-3-9-40(32)14-19(33)13-32)36-31(30(25)38-37-29)39-15-20-5-6-21(16-39)35-20/h1,4,7,10-12,19-21,35,41H,3,5-6,8-9,13-17H2,(H,37,38)/t19?,20?,21?,32-/m0/s1. The zero-order valence-electron chi connectivity index (χ0n) is 23.2. The fourth-order valence-electron chi connectivity index (χ4n) is 7.87. The molecular weight excluding hydrogens is 538 g/mol. The summed E-state index contributed by atoms with van der Waals surface area (Å²) < 4.78 is 35.8. The number of anilines is 1. The van der Waals surface area contributed by atoms with E-state index >= 15 is 0 Å². The van der Waals surface area contributed by atoms with E-state index in [1.165, 1.54) is 6.07 Å². The fraction of sp³-hybridized carbons (Fsp3) is 0.438. The van der Waals surface area contributed by atoms with E-state index in [0.717, 1.165) is 62.0 Å². The quantitative estimate of drug-likeness (QED) is 0.305. The van der Waals surface area contributed by atoms with Crippen molar-refractivity contribution >= 4 is 27.5 Å². The number of halogens is 2. The van der Waals surface area contributed by atoms with Gasteiger partial charge in [0.25, 0.3) is 0 Å². The molecule has 0 aliphatic carbocycles. The first kappa shape index (κ1) is 25.7. The SMILES string of the molecule is C#Cc1c(F)ccc2cc(O)cc(-c3n[nH]c4c(N5CC6CCC(C5)N6)nc(OC[C@@]56CCCN5CC(F)C6)cc34)c12. The molecule has 4 saturated heterocycles. The fourth-order valence-corrected chi connectivity index (χ4v) is 7.87. The van der Waals surface area contributed by atoms with Crippen LogP contribution in [0.4, 0.5) is 14.6 Å². The lowest BCUT2D eigenvalue weighted by atomic mass is 9.95. The van der Waals surface area contributed by atoms with Gasteiger partial charge in [-0.15, -0.1) is 6.42 Å². The van der Waals surface area contributed by atoms with Crippen molar-refractivity contribution in [2.24, 2.45) is 0 Å². The van der Waals surface area contributed by atoms with Crippen LogP contribution in [-0.4, -0.2) is 81.8 Å². The summed E-state index contributed by atoms with van der Waals surface area (Å²) in [6.45, 7) is 3.30. The molecule has 0 saturated carbocycles. The van der Waals surface area contributed by atoms with Gasteiger partial charge >= 0.3 is 0 Å². The number of aromatic amines is 1. The van der Waals surface area contributed by atoms with E-state index in [2.05, 4.69) is 31.2 Å². The van der Waals surface area contributed by atoms with Crippen LogP contribution in [0.5, 0.6) is 11.6 Å². The number of rotatable bonds is 5. The Balaban J connectivity index is 1.28. The highest BCUT2D eigenvalue weighted by Gasteiger charge is 2.49. The average molecular weight is 571 g/mol. The zero-order valence-corrected chi connectivity index (χ0v) is 23.2. The van der Waals surface area contributed by atoms with Gasteiger partial charge in [0.2, 0.25) is 5.88 Å². The second kappa shape index (κ2) is 9.54. The molecule has 8 rings (SSSR count). The molecule has 42 heavy (non-hydrogen) atoms. The molecule has 0 radical (unpaired) electrons. The molecule has 0 amide bonds. The van der Waals surface area contributed by atoms with Crippen LogP contribution in [0.1, 0.15) is 37.7 Å². The average Bonchev–Trinajstić information content (AvgIpc) is 3.73. The summed E-state index contributed by atoms with van der Waals surface area (Å²) >= 11 is 0. The van der Waals surface area contributed by atoms with Crippen molar-refractivity contribution in [3.63, 3.8) is 0 Å². The van der Waals surface area contributed by atoms with Crippen LogP contribution >= 0.6 is 0 Å². The first-order valence-corrected chi connectivity index (χ1v) is 14.7. The lowest BCUT2D eigenvalue weighted by Gasteiger charge is -2.34. The topological polar surface area (TPSA) is 89.5 Å². The highest BCUT2D eigenvalue weighted by atomic mass is 19.1. The highest BCUT2D eigenvalue weighted by molar-refractivity contribution is 6.08. The normalized spacial score (nSPS) is 27.2. The number of hydrogen-bond donors (Lipinski definition) is 3. The van der Waals surface area contributed by atoms with Crippen LogP contribution < -0.4 is 15.0 Å². The van der Waals surface area contributed by atoms with Gasteiger partial charge in [-0.25, -0.2) is 8.78 Å². The number of benzene rings is 2. The Morgan fingerprint density at radius 3 is 2.81 bits per heavy atom. The smallest absolute Gasteiger partial charge is 0.216 e. The summed E-state index contributed by atoms with van der Waals surface area (Å²) in [5, 5.41) is 24.0. The number of pyridine rings is 1. The van der Waals surface area contributed by atoms with Gasteiger partial charge in [0.15, 0.2) is 5.82 Å². The largest absolute Gasteiger partial charge is 0.508 e. The molecule has 4 aromatic rings. The number of hydrogen-bond acceptors (Lipinski definition) is 7. The number of ether oxygens (including phenoxy) is 1. The van der Waals surface area contributed by atoms with Gasteiger partial charge in [-0.05, 0) is 55.8 Å². The minimum absolute atomic E-state index is 0.0232. The summed E-state index contributed by atoms with van der Waals surface area (Å²) in [6.07, 6.45) is 9.55. The molecule has 4 fully saturated rings. The van der Waals surface area contributed by atoms with Crippen molar-refractivity contribution < 1.29 is 18.6 Å². The summed E-state index contributed by atoms with van der Waals surface area (Å²) in [4.78, 5) is 9.50. The van der Waals surface area contributed by atoms with Gasteiger partial charge in [-0.3, -0.25) is 10.00 Å². The lowest BCUT2D eigenvalue weighted by Crippen LogP contribution is -2.51. The molecule has 3 N–H and O–H groups in total. The third-order valence-corrected chi connectivity index (χ3v) is 9.73. The molecule has 2 aromatic carbocycles. The van der Waals surface area contributed by atoms with Crippen molar-refractivity contribution in [1.82, 2.24) is 25.4 Å². The van der Waals surface area contributed by atoms with Crippen molar-refractivity contribution in [3.05, 3.63) is 41.7 Å². The van der Waals surface area contributed by atoms with E-state index in [0.29, 0.717) is 59.6 Å². The molecule has 8 nitrogen and oxygen atoms in total. The number of alkyl halides is 1. The van der Waals surface area contributed by atoms with Crippen LogP contribution in [0.2, 0.25) is 0 Å². The van der Waals surface area contributed by atoms with Crippen molar-refractivity contribution in [1.29, 1.82) is 0 Å². The Labute approximate surface area is 242 Å². The molecule has 4 aliphatic rings. The Morgan fingerprint density at radius 2 is 2.00 bits per heavy atom. The Hall–Kier alpha value is -3.94. The monoisotopic (exact) mass is 570 g/mol. The van der Waals surface area contributed by atoms with E-state index in [-0.39, 0.29) is 16.9 Å². The number of nitrogens with zero attached hydrogens (tertiary/aromatic N) is 4. The van der Waals surface area contributed by atoms with Crippen LogP contribution in [-0.2, 0) is 0 Å². The summed E-state index contributed by atoms with van der Waals surface area (Å²) in [6, 6.07) is 8.67. The molecule has 216 valence electrons.